The summed E-state index contributed by atoms with van der Waals surface area (Å²) < 4.78 is 9.40. The van der Waals surface area contributed by atoms with Gasteiger partial charge in [0.15, 0.2) is 0 Å². The minimum atomic E-state index is -0.883. The van der Waals surface area contributed by atoms with E-state index >= 15 is 0 Å². The van der Waals surface area contributed by atoms with Gasteiger partial charge in [0.05, 0.1) is 17.7 Å². The second-order valence-corrected chi connectivity index (χ2v) is 3.47. The summed E-state index contributed by atoms with van der Waals surface area (Å²) in [5.74, 6) is -2.30. The lowest BCUT2D eigenvalue weighted by Crippen LogP contribution is -2.16. The Morgan fingerprint density at radius 1 is 1.16 bits per heavy atom. The Morgan fingerprint density at radius 2 is 1.74 bits per heavy atom. The van der Waals surface area contributed by atoms with E-state index in [0.29, 0.717) is 0 Å². The summed E-state index contributed by atoms with van der Waals surface area (Å²) in [4.78, 5) is 34.6. The van der Waals surface area contributed by atoms with Crippen LogP contribution in [-0.2, 0) is 14.3 Å². The summed E-state index contributed by atoms with van der Waals surface area (Å²) in [5, 5.41) is 0. The average Bonchev–Trinajstić information content (AvgIpc) is 2.39. The van der Waals surface area contributed by atoms with Crippen LogP contribution in [-0.4, -0.2) is 24.5 Å². The third-order valence-corrected chi connectivity index (χ3v) is 2.14. The average molecular weight is 263 g/mol. The highest BCUT2D eigenvalue weighted by molar-refractivity contribution is 6.06. The molecule has 0 aliphatic carbocycles. The molecular weight excluding hydrogens is 248 g/mol. The van der Waals surface area contributed by atoms with Crippen LogP contribution in [0.15, 0.2) is 36.4 Å². The van der Waals surface area contributed by atoms with Gasteiger partial charge in [-0.15, -0.1) is 0 Å². The molecule has 19 heavy (non-hydrogen) atoms. The van der Waals surface area contributed by atoms with Gasteiger partial charge in [-0.25, -0.2) is 14.4 Å². The molecule has 5 nitrogen and oxygen atoms in total. The predicted molar refractivity (Wildman–Crippen MR) is 68.7 cm³/mol. The molecule has 1 rings (SSSR count). The SMILES string of the molecule is CC=CC(=O)OC(=O)c1ccccc1C(=O)OCC.[H+]. The number of esters is 3. The van der Waals surface area contributed by atoms with Crippen LogP contribution in [0.1, 0.15) is 36.0 Å². The summed E-state index contributed by atoms with van der Waals surface area (Å²) in [6.07, 6.45) is 2.57. The topological polar surface area (TPSA) is 69.7 Å². The fourth-order valence-corrected chi connectivity index (χ4v) is 1.36. The molecule has 0 heterocycles. The number of ether oxygens (including phenoxy) is 2. The quantitative estimate of drug-likeness (QED) is 0.473. The number of carbonyl (C=O) groups is 3. The molecule has 5 heteroatoms. The van der Waals surface area contributed by atoms with E-state index in [-0.39, 0.29) is 19.2 Å². The largest absolute Gasteiger partial charge is 1.00 e. The summed E-state index contributed by atoms with van der Waals surface area (Å²) in [6.45, 7) is 3.48. The van der Waals surface area contributed by atoms with Crippen molar-refractivity contribution in [3.8, 4) is 0 Å². The number of benzene rings is 1. The van der Waals surface area contributed by atoms with Crippen molar-refractivity contribution in [1.82, 2.24) is 0 Å². The van der Waals surface area contributed by atoms with Crippen LogP contribution in [0, 0.1) is 0 Å². The molecule has 0 bridgehead atoms. The van der Waals surface area contributed by atoms with Crippen LogP contribution in [0.3, 0.4) is 0 Å². The molecule has 1 aromatic rings. The summed E-state index contributed by atoms with van der Waals surface area (Å²) in [5.41, 5.74) is 0.0708. The Balaban J connectivity index is 0.00000361. The number of hydrogen-bond donors (Lipinski definition) is 0. The van der Waals surface area contributed by atoms with Gasteiger partial charge >= 0.3 is 19.3 Å². The maximum absolute atomic E-state index is 11.8. The van der Waals surface area contributed by atoms with Crippen LogP contribution >= 0.6 is 0 Å². The van der Waals surface area contributed by atoms with E-state index in [1.165, 1.54) is 18.2 Å². The zero-order valence-electron chi connectivity index (χ0n) is 11.7. The van der Waals surface area contributed by atoms with E-state index in [1.54, 1.807) is 26.0 Å². The molecule has 0 saturated heterocycles. The first-order valence-electron chi connectivity index (χ1n) is 5.75. The van der Waals surface area contributed by atoms with E-state index < -0.39 is 17.9 Å². The van der Waals surface area contributed by atoms with E-state index in [4.69, 9.17) is 4.74 Å². The standard InChI is InChI=1S/C14H14O5/c1-3-7-12(15)19-14(17)11-9-6-5-8-10(11)13(16)18-4-2/h3,5-9H,4H2,1-2H3/p+1. The van der Waals surface area contributed by atoms with E-state index in [2.05, 4.69) is 4.74 Å². The fourth-order valence-electron chi connectivity index (χ4n) is 1.36. The second-order valence-electron chi connectivity index (χ2n) is 3.47. The number of carbonyl (C=O) groups excluding carboxylic acids is 3. The molecule has 0 aliphatic heterocycles. The van der Waals surface area contributed by atoms with Crippen molar-refractivity contribution in [3.05, 3.63) is 47.5 Å². The summed E-state index contributed by atoms with van der Waals surface area (Å²) in [7, 11) is 0. The zero-order chi connectivity index (χ0) is 14.3. The third kappa shape index (κ3) is 4.06. The van der Waals surface area contributed by atoms with Gasteiger partial charge in [-0.2, -0.15) is 0 Å². The molecule has 1 aromatic carbocycles. The Bertz CT molecular complexity index is 522. The van der Waals surface area contributed by atoms with Crippen molar-refractivity contribution in [2.75, 3.05) is 6.61 Å². The highest BCUT2D eigenvalue weighted by Crippen LogP contribution is 2.12. The first-order valence-corrected chi connectivity index (χ1v) is 5.75. The van der Waals surface area contributed by atoms with Crippen LogP contribution in [0.5, 0.6) is 0 Å². The van der Waals surface area contributed by atoms with Gasteiger partial charge < -0.3 is 9.47 Å². The molecule has 0 radical (unpaired) electrons. The molecule has 100 valence electrons. The van der Waals surface area contributed by atoms with Crippen molar-refractivity contribution >= 4 is 17.9 Å². The van der Waals surface area contributed by atoms with Gasteiger partial charge in [-0.05, 0) is 26.0 Å². The van der Waals surface area contributed by atoms with E-state index in [0.717, 1.165) is 6.08 Å². The molecule has 0 amide bonds. The predicted octanol–water partition coefficient (Wildman–Crippen LogP) is 2.24. The molecule has 0 fully saturated rings. The van der Waals surface area contributed by atoms with Gasteiger partial charge in [0.2, 0.25) is 0 Å². The lowest BCUT2D eigenvalue weighted by molar-refractivity contribution is -0.132. The van der Waals surface area contributed by atoms with Crippen molar-refractivity contribution in [2.24, 2.45) is 0 Å². The molecule has 0 spiro atoms. The molecule has 0 aliphatic rings. The van der Waals surface area contributed by atoms with Gasteiger partial charge in [0, 0.05) is 6.08 Å². The Kier molecular flexibility index (Phi) is 5.47. The molecule has 0 aromatic heterocycles. The monoisotopic (exact) mass is 263 g/mol. The van der Waals surface area contributed by atoms with Gasteiger partial charge in [-0.1, -0.05) is 18.2 Å². The van der Waals surface area contributed by atoms with Crippen molar-refractivity contribution in [1.29, 1.82) is 0 Å². The van der Waals surface area contributed by atoms with Crippen molar-refractivity contribution in [3.63, 3.8) is 0 Å². The first-order chi connectivity index (χ1) is 9.10. The highest BCUT2D eigenvalue weighted by atomic mass is 16.6. The molecule has 0 atom stereocenters. The van der Waals surface area contributed by atoms with Crippen molar-refractivity contribution < 1.29 is 25.3 Å². The Hall–Kier alpha value is -2.43. The lowest BCUT2D eigenvalue weighted by Gasteiger charge is -2.06. The molecule has 0 N–H and O–H groups in total. The smallest absolute Gasteiger partial charge is 0.462 e. The fraction of sp³-hybridized carbons (Fsp3) is 0.214. The molecule has 0 saturated carbocycles. The number of rotatable bonds is 4. The lowest BCUT2D eigenvalue weighted by atomic mass is 10.1. The minimum absolute atomic E-state index is 0. The summed E-state index contributed by atoms with van der Waals surface area (Å²) >= 11 is 0. The van der Waals surface area contributed by atoms with Gasteiger partial charge in [0.25, 0.3) is 0 Å². The van der Waals surface area contributed by atoms with E-state index in [9.17, 15) is 14.4 Å². The van der Waals surface area contributed by atoms with Crippen LogP contribution < -0.4 is 0 Å². The maximum atomic E-state index is 11.8. The third-order valence-electron chi connectivity index (χ3n) is 2.14. The first kappa shape index (κ1) is 14.6. The van der Waals surface area contributed by atoms with E-state index in [1.807, 2.05) is 0 Å². The molecule has 0 unspecified atom stereocenters. The summed E-state index contributed by atoms with van der Waals surface area (Å²) in [6, 6.07) is 6.00. The number of hydrogen-bond acceptors (Lipinski definition) is 5. The Labute approximate surface area is 112 Å². The van der Waals surface area contributed by atoms with Gasteiger partial charge in [-0.3, -0.25) is 0 Å². The maximum Gasteiger partial charge on any atom is 1.00 e. The minimum Gasteiger partial charge on any atom is -0.462 e. The van der Waals surface area contributed by atoms with Crippen molar-refractivity contribution in [2.45, 2.75) is 13.8 Å². The van der Waals surface area contributed by atoms with Crippen LogP contribution in [0.25, 0.3) is 0 Å². The molecular formula is C14H15O5+. The van der Waals surface area contributed by atoms with Gasteiger partial charge in [0.1, 0.15) is 0 Å². The Morgan fingerprint density at radius 3 is 2.26 bits per heavy atom. The second kappa shape index (κ2) is 7.10. The normalized spacial score (nSPS) is 10.2. The zero-order valence-corrected chi connectivity index (χ0v) is 10.7. The van der Waals surface area contributed by atoms with Crippen LogP contribution in [0.4, 0.5) is 0 Å². The number of allylic oxidation sites excluding steroid dienone is 1. The highest BCUT2D eigenvalue weighted by Gasteiger charge is 2.20. The van der Waals surface area contributed by atoms with Crippen LogP contribution in [0.2, 0.25) is 0 Å².